The molecule has 0 amide bonds. The number of aryl methyl sites for hydroxylation is 1. The van der Waals surface area contributed by atoms with Crippen LogP contribution in [0.4, 0.5) is 0 Å². The molecule has 0 aliphatic heterocycles. The van der Waals surface area contributed by atoms with Crippen LogP contribution in [-0.4, -0.2) is 34.4 Å². The number of nitrogens with one attached hydrogen (secondary N) is 2. The zero-order valence-electron chi connectivity index (χ0n) is 16.8. The first kappa shape index (κ1) is 23.2. The molecule has 2 rings (SSSR count). The van der Waals surface area contributed by atoms with E-state index in [1.54, 1.807) is 13.4 Å². The first-order valence-electron chi connectivity index (χ1n) is 9.10. The van der Waals surface area contributed by atoms with E-state index in [0.717, 1.165) is 30.7 Å². The molecular formula is C19H31IN6O. The first-order valence-corrected chi connectivity index (χ1v) is 9.10. The summed E-state index contributed by atoms with van der Waals surface area (Å²) in [6, 6.07) is 8.29. The Morgan fingerprint density at radius 3 is 2.52 bits per heavy atom. The van der Waals surface area contributed by atoms with Crippen LogP contribution in [0, 0.1) is 5.92 Å². The maximum absolute atomic E-state index is 5.73. The molecule has 0 aliphatic carbocycles. The molecular weight excluding hydrogens is 455 g/mol. The van der Waals surface area contributed by atoms with Gasteiger partial charge in [0.1, 0.15) is 12.1 Å². The van der Waals surface area contributed by atoms with Gasteiger partial charge in [0.25, 0.3) is 0 Å². The van der Waals surface area contributed by atoms with Crippen LogP contribution in [0.1, 0.15) is 45.1 Å². The maximum atomic E-state index is 5.73. The van der Waals surface area contributed by atoms with Gasteiger partial charge in [-0.25, -0.2) is 0 Å². The Labute approximate surface area is 179 Å². The monoisotopic (exact) mass is 486 g/mol. The van der Waals surface area contributed by atoms with Gasteiger partial charge in [-0.1, -0.05) is 26.0 Å². The fourth-order valence-electron chi connectivity index (χ4n) is 2.44. The summed E-state index contributed by atoms with van der Waals surface area (Å²) in [6.45, 7) is 10.6. The Morgan fingerprint density at radius 1 is 1.22 bits per heavy atom. The summed E-state index contributed by atoms with van der Waals surface area (Å²) in [7, 11) is 1.76. The van der Waals surface area contributed by atoms with Gasteiger partial charge in [-0.15, -0.1) is 34.2 Å². The predicted octanol–water partition coefficient (Wildman–Crippen LogP) is 3.38. The Kier molecular flexibility index (Phi) is 10.1. The number of nitrogens with zero attached hydrogens (tertiary/aromatic N) is 4. The van der Waals surface area contributed by atoms with Crippen LogP contribution in [0.3, 0.4) is 0 Å². The average molecular weight is 486 g/mol. The van der Waals surface area contributed by atoms with E-state index in [4.69, 9.17) is 4.74 Å². The lowest BCUT2D eigenvalue weighted by atomic mass is 10.1. The third kappa shape index (κ3) is 7.36. The minimum absolute atomic E-state index is 0. The zero-order valence-corrected chi connectivity index (χ0v) is 19.1. The van der Waals surface area contributed by atoms with Crippen LogP contribution < -0.4 is 15.4 Å². The molecule has 150 valence electrons. The van der Waals surface area contributed by atoms with Gasteiger partial charge in [0.2, 0.25) is 0 Å². The van der Waals surface area contributed by atoms with Crippen molar-refractivity contribution in [1.29, 1.82) is 0 Å². The largest absolute Gasteiger partial charge is 0.493 e. The second kappa shape index (κ2) is 11.8. The Balaban J connectivity index is 0.00000364. The van der Waals surface area contributed by atoms with E-state index in [2.05, 4.69) is 65.7 Å². The van der Waals surface area contributed by atoms with Crippen LogP contribution in [0.5, 0.6) is 5.75 Å². The summed E-state index contributed by atoms with van der Waals surface area (Å²) in [5.74, 6) is 3.03. The molecule has 0 radical (unpaired) electrons. The van der Waals surface area contributed by atoms with E-state index >= 15 is 0 Å². The summed E-state index contributed by atoms with van der Waals surface area (Å²) in [4.78, 5) is 4.29. The summed E-state index contributed by atoms with van der Waals surface area (Å²) >= 11 is 0. The first-order chi connectivity index (χ1) is 12.5. The Hall–Kier alpha value is -1.84. The van der Waals surface area contributed by atoms with Crippen molar-refractivity contribution in [2.45, 2.75) is 46.8 Å². The smallest absolute Gasteiger partial charge is 0.191 e. The van der Waals surface area contributed by atoms with Crippen molar-refractivity contribution in [1.82, 2.24) is 25.4 Å². The fourth-order valence-corrected chi connectivity index (χ4v) is 2.44. The highest BCUT2D eigenvalue weighted by molar-refractivity contribution is 14.0. The fraction of sp³-hybridized carbons (Fsp3) is 0.526. The van der Waals surface area contributed by atoms with Crippen molar-refractivity contribution >= 4 is 29.9 Å². The molecule has 0 aliphatic rings. The number of halogens is 1. The standard InChI is InChI=1S/C19H30N6O.HI/c1-6-25-13-22-24-18(25)11-21-19(20-5)23-15(4)16-7-9-17(10-8-16)26-12-14(2)3;/h7-10,13-15H,6,11-12H2,1-5H3,(H2,20,21,23);1H. The van der Waals surface area contributed by atoms with E-state index in [1.807, 2.05) is 16.7 Å². The summed E-state index contributed by atoms with van der Waals surface area (Å²) < 4.78 is 7.73. The van der Waals surface area contributed by atoms with Crippen molar-refractivity contribution in [2.75, 3.05) is 13.7 Å². The van der Waals surface area contributed by atoms with Gasteiger partial charge in [0.15, 0.2) is 11.8 Å². The van der Waals surface area contributed by atoms with Gasteiger partial charge in [-0.2, -0.15) is 0 Å². The van der Waals surface area contributed by atoms with E-state index in [-0.39, 0.29) is 30.0 Å². The van der Waals surface area contributed by atoms with E-state index in [0.29, 0.717) is 12.5 Å². The van der Waals surface area contributed by atoms with E-state index < -0.39 is 0 Å². The van der Waals surface area contributed by atoms with Crippen LogP contribution in [0.15, 0.2) is 35.6 Å². The van der Waals surface area contributed by atoms with Crippen LogP contribution >= 0.6 is 24.0 Å². The Bertz CT molecular complexity index is 698. The number of benzene rings is 1. The third-order valence-electron chi connectivity index (χ3n) is 3.99. The summed E-state index contributed by atoms with van der Waals surface area (Å²) in [5, 5.41) is 14.7. The van der Waals surface area contributed by atoms with Gasteiger partial charge in [0, 0.05) is 13.6 Å². The van der Waals surface area contributed by atoms with Gasteiger partial charge in [0.05, 0.1) is 19.2 Å². The van der Waals surface area contributed by atoms with Crippen molar-refractivity contribution in [2.24, 2.45) is 10.9 Å². The SMILES string of the molecule is CCn1cnnc1CNC(=NC)NC(C)c1ccc(OCC(C)C)cc1.I. The average Bonchev–Trinajstić information content (AvgIpc) is 3.11. The normalized spacial score (nSPS) is 12.4. The van der Waals surface area contributed by atoms with Crippen LogP contribution in [-0.2, 0) is 13.1 Å². The van der Waals surface area contributed by atoms with E-state index in [1.165, 1.54) is 5.56 Å². The lowest BCUT2D eigenvalue weighted by molar-refractivity contribution is 0.271. The number of aromatic nitrogens is 3. The molecule has 1 aromatic heterocycles. The number of rotatable bonds is 8. The molecule has 0 spiro atoms. The summed E-state index contributed by atoms with van der Waals surface area (Å²) in [5.41, 5.74) is 1.17. The van der Waals surface area contributed by atoms with E-state index in [9.17, 15) is 0 Å². The molecule has 1 atom stereocenters. The number of hydrogen-bond donors (Lipinski definition) is 2. The highest BCUT2D eigenvalue weighted by Gasteiger charge is 2.10. The van der Waals surface area contributed by atoms with Crippen molar-refractivity contribution < 1.29 is 4.74 Å². The van der Waals surface area contributed by atoms with Gasteiger partial charge in [-0.3, -0.25) is 4.99 Å². The second-order valence-corrected chi connectivity index (χ2v) is 6.60. The molecule has 2 N–H and O–H groups in total. The van der Waals surface area contributed by atoms with Crippen LogP contribution in [0.2, 0.25) is 0 Å². The van der Waals surface area contributed by atoms with Crippen molar-refractivity contribution in [3.8, 4) is 5.75 Å². The third-order valence-corrected chi connectivity index (χ3v) is 3.99. The molecule has 0 bridgehead atoms. The predicted molar refractivity (Wildman–Crippen MR) is 120 cm³/mol. The van der Waals surface area contributed by atoms with Crippen LogP contribution in [0.25, 0.3) is 0 Å². The quantitative estimate of drug-likeness (QED) is 0.340. The Morgan fingerprint density at radius 2 is 1.93 bits per heavy atom. The molecule has 0 fully saturated rings. The minimum atomic E-state index is 0. The number of aliphatic imine (C=N–C) groups is 1. The minimum Gasteiger partial charge on any atom is -0.493 e. The lowest BCUT2D eigenvalue weighted by Gasteiger charge is -2.18. The molecule has 0 saturated carbocycles. The molecule has 1 unspecified atom stereocenters. The molecule has 0 saturated heterocycles. The van der Waals surface area contributed by atoms with Gasteiger partial charge >= 0.3 is 0 Å². The van der Waals surface area contributed by atoms with Gasteiger partial charge in [-0.05, 0) is 37.5 Å². The van der Waals surface area contributed by atoms with Crippen molar-refractivity contribution in [3.05, 3.63) is 42.0 Å². The number of ether oxygens (including phenoxy) is 1. The number of hydrogen-bond acceptors (Lipinski definition) is 4. The lowest BCUT2D eigenvalue weighted by Crippen LogP contribution is -2.38. The maximum Gasteiger partial charge on any atom is 0.191 e. The molecule has 7 nitrogen and oxygen atoms in total. The van der Waals surface area contributed by atoms with Crippen molar-refractivity contribution in [3.63, 3.8) is 0 Å². The highest BCUT2D eigenvalue weighted by Crippen LogP contribution is 2.18. The second-order valence-electron chi connectivity index (χ2n) is 6.60. The molecule has 8 heteroatoms. The molecule has 27 heavy (non-hydrogen) atoms. The zero-order chi connectivity index (χ0) is 18.9. The molecule has 2 aromatic rings. The van der Waals surface area contributed by atoms with Gasteiger partial charge < -0.3 is 19.9 Å². The topological polar surface area (TPSA) is 76.4 Å². The number of guanidine groups is 1. The molecule has 1 aromatic carbocycles. The highest BCUT2D eigenvalue weighted by atomic mass is 127. The summed E-state index contributed by atoms with van der Waals surface area (Å²) in [6.07, 6.45) is 1.73. The molecule has 1 heterocycles.